The lowest BCUT2D eigenvalue weighted by molar-refractivity contribution is 0.247. The number of hydrogen-bond acceptors (Lipinski definition) is 3. The fourth-order valence-electron chi connectivity index (χ4n) is 2.25. The maximum absolute atomic E-state index is 9.02. The van der Waals surface area contributed by atoms with Gasteiger partial charge in [0, 0.05) is 20.2 Å². The van der Waals surface area contributed by atoms with Crippen LogP contribution in [0.5, 0.6) is 0 Å². The molecule has 0 aliphatic carbocycles. The maximum Gasteiger partial charge on any atom is 0.0625 e. The predicted octanol–water partition coefficient (Wildman–Crippen LogP) is 1.87. The van der Waals surface area contributed by atoms with Gasteiger partial charge in [0.25, 0.3) is 0 Å². The van der Waals surface area contributed by atoms with Crippen LogP contribution in [-0.2, 0) is 20.0 Å². The molecule has 0 aromatic carbocycles. The summed E-state index contributed by atoms with van der Waals surface area (Å²) in [4.78, 5) is 0. The number of nitrogens with zero attached hydrogens (tertiary/aromatic N) is 2. The Bertz CT molecular complexity index is 330. The summed E-state index contributed by atoms with van der Waals surface area (Å²) in [7, 11) is 1.99. The molecule has 2 N–H and O–H groups in total. The lowest BCUT2D eigenvalue weighted by atomic mass is 10.0. The van der Waals surface area contributed by atoms with Gasteiger partial charge in [0.15, 0.2) is 0 Å². The first-order valence-corrected chi connectivity index (χ1v) is 7.04. The second kappa shape index (κ2) is 8.27. The van der Waals surface area contributed by atoms with Crippen molar-refractivity contribution in [2.45, 2.75) is 46.1 Å². The van der Waals surface area contributed by atoms with Crippen LogP contribution in [0.4, 0.5) is 0 Å². The average Bonchev–Trinajstić information content (AvgIpc) is 2.71. The van der Waals surface area contributed by atoms with Gasteiger partial charge in [-0.25, -0.2) is 0 Å². The molecule has 0 bridgehead atoms. The molecule has 1 atom stereocenters. The summed E-state index contributed by atoms with van der Waals surface area (Å²) in [5.41, 5.74) is 2.38. The molecule has 0 spiro atoms. The summed E-state index contributed by atoms with van der Waals surface area (Å²) in [6.07, 6.45) is 4.24. The van der Waals surface area contributed by atoms with Gasteiger partial charge in [-0.15, -0.1) is 0 Å². The van der Waals surface area contributed by atoms with E-state index in [1.807, 2.05) is 11.7 Å². The van der Waals surface area contributed by atoms with Crippen molar-refractivity contribution in [1.29, 1.82) is 0 Å². The summed E-state index contributed by atoms with van der Waals surface area (Å²) in [5.74, 6) is 0.582. The van der Waals surface area contributed by atoms with Crippen LogP contribution in [0.3, 0.4) is 0 Å². The largest absolute Gasteiger partial charge is 0.396 e. The molecule has 0 saturated heterocycles. The summed E-state index contributed by atoms with van der Waals surface area (Å²) in [6, 6.07) is 2.16. The highest BCUT2D eigenvalue weighted by atomic mass is 16.3. The van der Waals surface area contributed by atoms with Crippen molar-refractivity contribution in [2.24, 2.45) is 13.0 Å². The molecule has 1 aromatic heterocycles. The van der Waals surface area contributed by atoms with Crippen LogP contribution in [0.2, 0.25) is 0 Å². The topological polar surface area (TPSA) is 50.1 Å². The average molecular weight is 253 g/mol. The zero-order valence-corrected chi connectivity index (χ0v) is 11.9. The molecule has 4 nitrogen and oxygen atoms in total. The van der Waals surface area contributed by atoms with E-state index < -0.39 is 0 Å². The maximum atomic E-state index is 9.02. The van der Waals surface area contributed by atoms with E-state index in [2.05, 4.69) is 30.3 Å². The van der Waals surface area contributed by atoms with E-state index in [4.69, 9.17) is 5.11 Å². The van der Waals surface area contributed by atoms with Crippen molar-refractivity contribution in [2.75, 3.05) is 13.2 Å². The first-order chi connectivity index (χ1) is 8.71. The van der Waals surface area contributed by atoms with Crippen LogP contribution in [0.15, 0.2) is 6.07 Å². The summed E-state index contributed by atoms with van der Waals surface area (Å²) >= 11 is 0. The summed E-state index contributed by atoms with van der Waals surface area (Å²) < 4.78 is 1.95. The molecule has 1 unspecified atom stereocenters. The van der Waals surface area contributed by atoms with Crippen molar-refractivity contribution in [3.63, 3.8) is 0 Å². The molecule has 104 valence electrons. The molecule has 0 radical (unpaired) electrons. The second-order valence-corrected chi connectivity index (χ2v) is 4.90. The smallest absolute Gasteiger partial charge is 0.0625 e. The van der Waals surface area contributed by atoms with E-state index in [9.17, 15) is 0 Å². The van der Waals surface area contributed by atoms with Crippen LogP contribution in [0.1, 0.15) is 44.5 Å². The highest BCUT2D eigenvalue weighted by Crippen LogP contribution is 2.10. The molecule has 0 fully saturated rings. The van der Waals surface area contributed by atoms with Gasteiger partial charge in [-0.05, 0) is 37.8 Å². The lowest BCUT2D eigenvalue weighted by Crippen LogP contribution is -2.24. The normalized spacial score (nSPS) is 12.9. The van der Waals surface area contributed by atoms with Crippen LogP contribution in [0, 0.1) is 5.92 Å². The number of rotatable bonds is 9. The summed E-state index contributed by atoms with van der Waals surface area (Å²) in [5, 5.41) is 16.9. The number of aromatic nitrogens is 2. The molecule has 1 rings (SSSR count). The quantitative estimate of drug-likeness (QED) is 0.706. The van der Waals surface area contributed by atoms with E-state index in [1.165, 1.54) is 18.5 Å². The molecule has 18 heavy (non-hydrogen) atoms. The Morgan fingerprint density at radius 3 is 2.72 bits per heavy atom. The number of aliphatic hydroxyl groups is 1. The van der Waals surface area contributed by atoms with Crippen molar-refractivity contribution in [1.82, 2.24) is 15.1 Å². The fourth-order valence-corrected chi connectivity index (χ4v) is 2.25. The molecule has 0 aliphatic heterocycles. The van der Waals surface area contributed by atoms with E-state index in [1.54, 1.807) is 0 Å². The Hall–Kier alpha value is -0.870. The van der Waals surface area contributed by atoms with Gasteiger partial charge in [-0.2, -0.15) is 5.10 Å². The third kappa shape index (κ3) is 4.78. The predicted molar refractivity (Wildman–Crippen MR) is 74.4 cm³/mol. The first kappa shape index (κ1) is 15.2. The molecule has 0 aliphatic rings. The van der Waals surface area contributed by atoms with Crippen molar-refractivity contribution < 1.29 is 5.11 Å². The van der Waals surface area contributed by atoms with Crippen molar-refractivity contribution in [3.05, 3.63) is 17.5 Å². The standard InChI is InChI=1S/C14H27N3O/c1-4-6-12(7-8-18)10-15-11-14-9-13(5-2)16-17(14)3/h9,12,15,18H,4-8,10-11H2,1-3H3. The minimum absolute atomic E-state index is 0.290. The Labute approximate surface area is 110 Å². The monoisotopic (exact) mass is 253 g/mol. The summed E-state index contributed by atoms with van der Waals surface area (Å²) in [6.45, 7) is 6.44. The van der Waals surface area contributed by atoms with E-state index in [0.29, 0.717) is 5.92 Å². The van der Waals surface area contributed by atoms with Gasteiger partial charge in [-0.1, -0.05) is 20.3 Å². The zero-order chi connectivity index (χ0) is 13.4. The Morgan fingerprint density at radius 1 is 1.39 bits per heavy atom. The molecule has 1 heterocycles. The number of nitrogens with one attached hydrogen (secondary N) is 1. The van der Waals surface area contributed by atoms with Gasteiger partial charge in [-0.3, -0.25) is 4.68 Å². The highest BCUT2D eigenvalue weighted by molar-refractivity contribution is 5.09. The van der Waals surface area contributed by atoms with Crippen LogP contribution < -0.4 is 5.32 Å². The van der Waals surface area contributed by atoms with Crippen LogP contribution >= 0.6 is 0 Å². The molecular weight excluding hydrogens is 226 g/mol. The minimum Gasteiger partial charge on any atom is -0.396 e. The van der Waals surface area contributed by atoms with Gasteiger partial charge in [0.05, 0.1) is 11.4 Å². The van der Waals surface area contributed by atoms with E-state index >= 15 is 0 Å². The Morgan fingerprint density at radius 2 is 2.17 bits per heavy atom. The first-order valence-electron chi connectivity index (χ1n) is 7.04. The van der Waals surface area contributed by atoms with Gasteiger partial charge in [0.2, 0.25) is 0 Å². The molecular formula is C14H27N3O. The fraction of sp³-hybridized carbons (Fsp3) is 0.786. The second-order valence-electron chi connectivity index (χ2n) is 4.90. The van der Waals surface area contributed by atoms with Crippen molar-refractivity contribution in [3.8, 4) is 0 Å². The number of aliphatic hydroxyl groups excluding tert-OH is 1. The molecule has 0 amide bonds. The van der Waals surface area contributed by atoms with Gasteiger partial charge >= 0.3 is 0 Å². The third-order valence-corrected chi connectivity index (χ3v) is 3.36. The highest BCUT2D eigenvalue weighted by Gasteiger charge is 2.08. The SMILES string of the molecule is CCCC(CCO)CNCc1cc(CC)nn1C. The molecule has 4 heteroatoms. The zero-order valence-electron chi connectivity index (χ0n) is 11.9. The lowest BCUT2D eigenvalue weighted by Gasteiger charge is -2.15. The van der Waals surface area contributed by atoms with E-state index in [0.717, 1.165) is 31.6 Å². The van der Waals surface area contributed by atoms with Crippen LogP contribution in [-0.4, -0.2) is 28.0 Å². The minimum atomic E-state index is 0.290. The Kier molecular flexibility index (Phi) is 6.98. The van der Waals surface area contributed by atoms with Gasteiger partial charge < -0.3 is 10.4 Å². The van der Waals surface area contributed by atoms with E-state index in [-0.39, 0.29) is 6.61 Å². The van der Waals surface area contributed by atoms with Crippen molar-refractivity contribution >= 4 is 0 Å². The van der Waals surface area contributed by atoms with Crippen LogP contribution in [0.25, 0.3) is 0 Å². The third-order valence-electron chi connectivity index (χ3n) is 3.36. The Balaban J connectivity index is 2.36. The molecule has 0 saturated carbocycles. The number of hydrogen-bond donors (Lipinski definition) is 2. The van der Waals surface area contributed by atoms with Gasteiger partial charge in [0.1, 0.15) is 0 Å². The molecule has 1 aromatic rings. The number of aryl methyl sites for hydroxylation is 2.